The predicted octanol–water partition coefficient (Wildman–Crippen LogP) is 3.09. The van der Waals surface area contributed by atoms with E-state index in [4.69, 9.17) is 0 Å². The van der Waals surface area contributed by atoms with Crippen LogP contribution in [0.1, 0.15) is 23.0 Å². The van der Waals surface area contributed by atoms with E-state index >= 15 is 0 Å². The molecule has 1 aromatic carbocycles. The van der Waals surface area contributed by atoms with Gasteiger partial charge in [0.2, 0.25) is 0 Å². The second-order valence-corrected chi connectivity index (χ2v) is 5.83. The molecule has 19 heavy (non-hydrogen) atoms. The van der Waals surface area contributed by atoms with Crippen molar-refractivity contribution in [3.05, 3.63) is 41.2 Å². The summed E-state index contributed by atoms with van der Waals surface area (Å²) in [5.74, 6) is 0.122. The number of rotatable bonds is 3. The van der Waals surface area contributed by atoms with E-state index in [9.17, 15) is 9.18 Å². The Morgan fingerprint density at radius 2 is 2.21 bits per heavy atom. The second kappa shape index (κ2) is 4.74. The van der Waals surface area contributed by atoms with Crippen molar-refractivity contribution in [2.75, 3.05) is 0 Å². The largest absolute Gasteiger partial charge is 0.348 e. The third kappa shape index (κ3) is 2.51. The molecule has 1 N–H and O–H groups in total. The Balaban J connectivity index is 1.79. The van der Waals surface area contributed by atoms with Gasteiger partial charge in [-0.25, -0.2) is 9.37 Å². The summed E-state index contributed by atoms with van der Waals surface area (Å²) in [6, 6.07) is 6.73. The number of hydrogen-bond acceptors (Lipinski definition) is 3. The number of aromatic nitrogens is 1. The van der Waals surface area contributed by atoms with E-state index < -0.39 is 0 Å². The zero-order chi connectivity index (χ0) is 13.4. The third-order valence-corrected chi connectivity index (χ3v) is 4.29. The first-order chi connectivity index (χ1) is 9.15. The zero-order valence-electron chi connectivity index (χ0n) is 10.4. The summed E-state index contributed by atoms with van der Waals surface area (Å²) in [6.45, 7) is 2.10. The highest BCUT2D eigenvalue weighted by Crippen LogP contribution is 2.31. The third-order valence-electron chi connectivity index (χ3n) is 3.26. The summed E-state index contributed by atoms with van der Waals surface area (Å²) in [6.07, 6.45) is 2.54. The highest BCUT2D eigenvalue weighted by Gasteiger charge is 2.34. The number of carbonyl (C=O) groups is 1. The van der Waals surface area contributed by atoms with Gasteiger partial charge in [-0.05, 0) is 24.5 Å². The predicted molar refractivity (Wildman–Crippen MR) is 72.5 cm³/mol. The van der Waals surface area contributed by atoms with Crippen molar-refractivity contribution >= 4 is 17.2 Å². The lowest BCUT2D eigenvalue weighted by atomic mass is 10.2. The average Bonchev–Trinajstić information content (AvgIpc) is 2.92. The normalized spacial score (nSPS) is 21.2. The van der Waals surface area contributed by atoms with Gasteiger partial charge < -0.3 is 5.32 Å². The van der Waals surface area contributed by atoms with Crippen LogP contribution in [0, 0.1) is 11.7 Å². The molecule has 1 aromatic heterocycles. The molecule has 0 bridgehead atoms. The number of amides is 1. The Bertz CT molecular complexity index is 625. The van der Waals surface area contributed by atoms with Gasteiger partial charge in [0, 0.05) is 11.6 Å². The fourth-order valence-electron chi connectivity index (χ4n) is 1.90. The molecule has 1 aliphatic carbocycles. The number of benzene rings is 1. The highest BCUT2D eigenvalue weighted by atomic mass is 32.1. The summed E-state index contributed by atoms with van der Waals surface area (Å²) in [4.78, 5) is 16.6. The lowest BCUT2D eigenvalue weighted by molar-refractivity contribution is 0.0953. The van der Waals surface area contributed by atoms with E-state index in [2.05, 4.69) is 17.2 Å². The maximum Gasteiger partial charge on any atom is 0.263 e. The van der Waals surface area contributed by atoms with Gasteiger partial charge in [0.15, 0.2) is 0 Å². The Morgan fingerprint density at radius 1 is 1.47 bits per heavy atom. The van der Waals surface area contributed by atoms with Crippen LogP contribution < -0.4 is 5.32 Å². The molecule has 98 valence electrons. The van der Waals surface area contributed by atoms with Gasteiger partial charge in [0.1, 0.15) is 15.7 Å². The van der Waals surface area contributed by atoms with Crippen molar-refractivity contribution < 1.29 is 9.18 Å². The number of nitrogens with zero attached hydrogens (tertiary/aromatic N) is 1. The molecule has 0 aliphatic heterocycles. The van der Waals surface area contributed by atoms with E-state index in [1.807, 2.05) is 0 Å². The summed E-state index contributed by atoms with van der Waals surface area (Å²) < 4.78 is 13.6. The molecule has 0 spiro atoms. The van der Waals surface area contributed by atoms with Crippen LogP contribution in [0.5, 0.6) is 0 Å². The summed E-state index contributed by atoms with van der Waals surface area (Å²) in [7, 11) is 0. The van der Waals surface area contributed by atoms with Gasteiger partial charge in [0.25, 0.3) is 5.91 Å². The van der Waals surface area contributed by atoms with Crippen molar-refractivity contribution in [2.45, 2.75) is 19.4 Å². The first-order valence-corrected chi connectivity index (χ1v) is 6.98. The number of thiazole rings is 1. The van der Waals surface area contributed by atoms with Crippen molar-refractivity contribution in [2.24, 2.45) is 5.92 Å². The Labute approximate surface area is 114 Å². The summed E-state index contributed by atoms with van der Waals surface area (Å²) in [5, 5.41) is 3.47. The SMILES string of the molecule is C[C@H]1C[C@@H]1NC(=O)c1cnc(-c2ccccc2F)s1. The fourth-order valence-corrected chi connectivity index (χ4v) is 2.75. The molecular weight excluding hydrogens is 263 g/mol. The average molecular weight is 276 g/mol. The standard InChI is InChI=1S/C14H13FN2OS/c1-8-6-11(8)17-13(18)12-7-16-14(19-12)9-4-2-3-5-10(9)15/h2-5,7-8,11H,6H2,1H3,(H,17,18)/t8-,11-/m0/s1. The molecule has 1 saturated carbocycles. The first-order valence-electron chi connectivity index (χ1n) is 6.17. The van der Waals surface area contributed by atoms with E-state index in [1.54, 1.807) is 18.2 Å². The van der Waals surface area contributed by atoms with Crippen LogP contribution >= 0.6 is 11.3 Å². The van der Waals surface area contributed by atoms with Gasteiger partial charge >= 0.3 is 0 Å². The monoisotopic (exact) mass is 276 g/mol. The van der Waals surface area contributed by atoms with Crippen molar-refractivity contribution in [1.29, 1.82) is 0 Å². The molecule has 2 aromatic rings. The number of halogens is 1. The fraction of sp³-hybridized carbons (Fsp3) is 0.286. The topological polar surface area (TPSA) is 42.0 Å². The minimum atomic E-state index is -0.320. The minimum Gasteiger partial charge on any atom is -0.348 e. The van der Waals surface area contributed by atoms with Crippen molar-refractivity contribution in [3.63, 3.8) is 0 Å². The number of hydrogen-bond donors (Lipinski definition) is 1. The van der Waals surface area contributed by atoms with E-state index in [0.29, 0.717) is 21.4 Å². The summed E-state index contributed by atoms with van der Waals surface area (Å²) >= 11 is 1.22. The zero-order valence-corrected chi connectivity index (χ0v) is 11.2. The van der Waals surface area contributed by atoms with Crippen LogP contribution in [0.15, 0.2) is 30.5 Å². The minimum absolute atomic E-state index is 0.116. The summed E-state index contributed by atoms with van der Waals surface area (Å²) in [5.41, 5.74) is 0.436. The second-order valence-electron chi connectivity index (χ2n) is 4.80. The van der Waals surface area contributed by atoms with Crippen LogP contribution in [0.4, 0.5) is 4.39 Å². The molecule has 3 rings (SSSR count). The molecule has 0 radical (unpaired) electrons. The van der Waals surface area contributed by atoms with Gasteiger partial charge in [-0.3, -0.25) is 4.79 Å². The molecule has 0 saturated heterocycles. The van der Waals surface area contributed by atoms with Crippen molar-refractivity contribution in [1.82, 2.24) is 10.3 Å². The number of nitrogens with one attached hydrogen (secondary N) is 1. The first kappa shape index (κ1) is 12.3. The van der Waals surface area contributed by atoms with Gasteiger partial charge in [-0.15, -0.1) is 11.3 Å². The molecule has 5 heteroatoms. The van der Waals surface area contributed by atoms with Crippen LogP contribution in [-0.2, 0) is 0 Å². The van der Waals surface area contributed by atoms with Gasteiger partial charge in [-0.1, -0.05) is 19.1 Å². The lowest BCUT2D eigenvalue weighted by Crippen LogP contribution is -2.25. The molecule has 1 amide bonds. The highest BCUT2D eigenvalue weighted by molar-refractivity contribution is 7.16. The maximum absolute atomic E-state index is 13.6. The quantitative estimate of drug-likeness (QED) is 0.936. The molecule has 0 unspecified atom stereocenters. The molecule has 1 heterocycles. The smallest absolute Gasteiger partial charge is 0.263 e. The van der Waals surface area contributed by atoms with E-state index in [0.717, 1.165) is 6.42 Å². The molecule has 3 nitrogen and oxygen atoms in total. The van der Waals surface area contributed by atoms with Crippen LogP contribution in [0.2, 0.25) is 0 Å². The molecular formula is C14H13FN2OS. The Kier molecular flexibility index (Phi) is 3.06. The van der Waals surface area contributed by atoms with Crippen LogP contribution in [0.25, 0.3) is 10.6 Å². The van der Waals surface area contributed by atoms with E-state index in [1.165, 1.54) is 23.6 Å². The van der Waals surface area contributed by atoms with Gasteiger partial charge in [0.05, 0.1) is 6.20 Å². The Hall–Kier alpha value is -1.75. The maximum atomic E-state index is 13.6. The van der Waals surface area contributed by atoms with Crippen LogP contribution in [0.3, 0.4) is 0 Å². The van der Waals surface area contributed by atoms with Crippen LogP contribution in [-0.4, -0.2) is 16.9 Å². The lowest BCUT2D eigenvalue weighted by Gasteiger charge is -2.00. The number of carbonyl (C=O) groups excluding carboxylic acids is 1. The molecule has 1 aliphatic rings. The van der Waals surface area contributed by atoms with E-state index in [-0.39, 0.29) is 17.8 Å². The molecule has 2 atom stereocenters. The van der Waals surface area contributed by atoms with Crippen molar-refractivity contribution in [3.8, 4) is 10.6 Å². The van der Waals surface area contributed by atoms with Gasteiger partial charge in [-0.2, -0.15) is 0 Å². The Morgan fingerprint density at radius 3 is 2.89 bits per heavy atom. The molecule has 1 fully saturated rings.